The van der Waals surface area contributed by atoms with Gasteiger partial charge in [0, 0.05) is 38.4 Å². The Morgan fingerprint density at radius 1 is 1.08 bits per heavy atom. The van der Waals surface area contributed by atoms with Crippen molar-refractivity contribution in [3.8, 4) is 5.75 Å². The molecule has 130 valence electrons. The first-order valence-corrected chi connectivity index (χ1v) is 9.38. The SMILES string of the molecule is COc1ccc(N2CCN(CC3=CCC4CC3C4(C)C)CC2)cc1. The van der Waals surface area contributed by atoms with Gasteiger partial charge in [0.25, 0.3) is 0 Å². The summed E-state index contributed by atoms with van der Waals surface area (Å²) in [6, 6.07) is 8.47. The Labute approximate surface area is 146 Å². The summed E-state index contributed by atoms with van der Waals surface area (Å²) in [7, 11) is 1.72. The van der Waals surface area contributed by atoms with E-state index >= 15 is 0 Å². The van der Waals surface area contributed by atoms with Crippen molar-refractivity contribution in [2.75, 3.05) is 44.7 Å². The zero-order chi connectivity index (χ0) is 16.7. The van der Waals surface area contributed by atoms with Gasteiger partial charge in [-0.2, -0.15) is 0 Å². The van der Waals surface area contributed by atoms with Crippen molar-refractivity contribution in [3.63, 3.8) is 0 Å². The second-order valence-electron chi connectivity index (χ2n) is 8.28. The summed E-state index contributed by atoms with van der Waals surface area (Å²) in [4.78, 5) is 5.15. The standard InChI is InChI=1S/C21H30N2O/c1-21(2)17-5-4-16(20(21)14-17)15-22-10-12-23(13-11-22)18-6-8-19(24-3)9-7-18/h4,6-9,17,20H,5,10-15H2,1-3H3. The Bertz CT molecular complexity index is 611. The zero-order valence-electron chi connectivity index (χ0n) is 15.3. The number of allylic oxidation sites excluding steroid dienone is 1. The van der Waals surface area contributed by atoms with Crippen LogP contribution in [0.5, 0.6) is 5.75 Å². The number of nitrogens with zero attached hydrogens (tertiary/aromatic N) is 2. The minimum atomic E-state index is 0.551. The van der Waals surface area contributed by atoms with Crippen LogP contribution >= 0.6 is 0 Å². The Kier molecular flexibility index (Phi) is 4.07. The fraction of sp³-hybridized carbons (Fsp3) is 0.619. The van der Waals surface area contributed by atoms with Gasteiger partial charge in [-0.3, -0.25) is 4.90 Å². The average Bonchev–Trinajstić information content (AvgIpc) is 2.62. The minimum Gasteiger partial charge on any atom is -0.497 e. The molecule has 0 aromatic heterocycles. The first-order valence-electron chi connectivity index (χ1n) is 9.38. The van der Waals surface area contributed by atoms with Crippen molar-refractivity contribution in [2.24, 2.45) is 17.3 Å². The molecule has 2 fully saturated rings. The fourth-order valence-electron chi connectivity index (χ4n) is 4.87. The number of ether oxygens (including phenoxy) is 1. The van der Waals surface area contributed by atoms with E-state index in [0.717, 1.165) is 30.7 Å². The molecule has 1 heterocycles. The molecule has 0 N–H and O–H groups in total. The molecule has 5 rings (SSSR count). The van der Waals surface area contributed by atoms with Gasteiger partial charge < -0.3 is 9.64 Å². The maximum Gasteiger partial charge on any atom is 0.119 e. The van der Waals surface area contributed by atoms with Crippen LogP contribution in [0.25, 0.3) is 0 Å². The molecule has 3 nitrogen and oxygen atoms in total. The van der Waals surface area contributed by atoms with Gasteiger partial charge in [0.1, 0.15) is 5.75 Å². The van der Waals surface area contributed by atoms with Gasteiger partial charge >= 0.3 is 0 Å². The van der Waals surface area contributed by atoms with Crippen LogP contribution in [0.15, 0.2) is 35.9 Å². The predicted octanol–water partition coefficient (Wildman–Crippen LogP) is 3.81. The highest BCUT2D eigenvalue weighted by Crippen LogP contribution is 2.59. The molecule has 2 atom stereocenters. The van der Waals surface area contributed by atoms with Gasteiger partial charge in [0.15, 0.2) is 0 Å². The van der Waals surface area contributed by atoms with Crippen LogP contribution in [0.2, 0.25) is 0 Å². The van der Waals surface area contributed by atoms with Crippen molar-refractivity contribution in [1.82, 2.24) is 4.90 Å². The average molecular weight is 326 g/mol. The summed E-state index contributed by atoms with van der Waals surface area (Å²) in [6.07, 6.45) is 5.30. The molecule has 24 heavy (non-hydrogen) atoms. The van der Waals surface area contributed by atoms with Crippen LogP contribution in [0, 0.1) is 17.3 Å². The Balaban J connectivity index is 1.32. The van der Waals surface area contributed by atoms with E-state index in [-0.39, 0.29) is 0 Å². The summed E-state index contributed by atoms with van der Waals surface area (Å²) in [5, 5.41) is 0. The van der Waals surface area contributed by atoms with Crippen LogP contribution in [-0.2, 0) is 0 Å². The monoisotopic (exact) mass is 326 g/mol. The van der Waals surface area contributed by atoms with Gasteiger partial charge in [0.05, 0.1) is 7.11 Å². The van der Waals surface area contributed by atoms with E-state index in [1.807, 2.05) is 0 Å². The summed E-state index contributed by atoms with van der Waals surface area (Å²) in [5.74, 6) is 2.72. The number of anilines is 1. The Morgan fingerprint density at radius 2 is 1.79 bits per heavy atom. The number of hydrogen-bond acceptors (Lipinski definition) is 3. The lowest BCUT2D eigenvalue weighted by Crippen LogP contribution is -2.52. The first kappa shape index (κ1) is 16.0. The van der Waals surface area contributed by atoms with E-state index in [9.17, 15) is 0 Å². The molecule has 1 aromatic carbocycles. The van der Waals surface area contributed by atoms with E-state index in [0.29, 0.717) is 5.41 Å². The second-order valence-corrected chi connectivity index (χ2v) is 8.28. The largest absolute Gasteiger partial charge is 0.497 e. The van der Waals surface area contributed by atoms with Crippen molar-refractivity contribution in [2.45, 2.75) is 26.7 Å². The third-order valence-electron chi connectivity index (χ3n) is 6.80. The van der Waals surface area contributed by atoms with Crippen molar-refractivity contribution in [1.29, 1.82) is 0 Å². The predicted molar refractivity (Wildman–Crippen MR) is 99.7 cm³/mol. The van der Waals surface area contributed by atoms with Crippen LogP contribution in [-0.4, -0.2) is 44.7 Å². The molecule has 2 unspecified atom stereocenters. The third-order valence-corrected chi connectivity index (χ3v) is 6.80. The van der Waals surface area contributed by atoms with Gasteiger partial charge in [0.2, 0.25) is 0 Å². The second kappa shape index (κ2) is 6.11. The number of benzene rings is 1. The van der Waals surface area contributed by atoms with Crippen molar-refractivity contribution in [3.05, 3.63) is 35.9 Å². The van der Waals surface area contributed by atoms with Crippen molar-refractivity contribution >= 4 is 5.69 Å². The number of fused-ring (bicyclic) bond motifs is 1. The Morgan fingerprint density at radius 3 is 2.38 bits per heavy atom. The number of piperazine rings is 1. The maximum atomic E-state index is 5.26. The highest BCUT2D eigenvalue weighted by molar-refractivity contribution is 5.49. The summed E-state index contributed by atoms with van der Waals surface area (Å²) >= 11 is 0. The van der Waals surface area contributed by atoms with E-state index in [2.05, 4.69) is 54.0 Å². The van der Waals surface area contributed by atoms with Crippen LogP contribution in [0.3, 0.4) is 0 Å². The minimum absolute atomic E-state index is 0.551. The lowest BCUT2D eigenvalue weighted by molar-refractivity contribution is -0.0107. The van der Waals surface area contributed by atoms with Gasteiger partial charge in [-0.25, -0.2) is 0 Å². The lowest BCUT2D eigenvalue weighted by atomic mass is 9.49. The molecular weight excluding hydrogens is 296 g/mol. The molecule has 3 aliphatic carbocycles. The maximum absolute atomic E-state index is 5.26. The molecule has 4 aliphatic rings. The fourth-order valence-corrected chi connectivity index (χ4v) is 4.87. The molecule has 0 amide bonds. The summed E-state index contributed by atoms with van der Waals surface area (Å²) < 4.78 is 5.26. The van der Waals surface area contributed by atoms with E-state index in [1.165, 1.54) is 38.2 Å². The van der Waals surface area contributed by atoms with E-state index in [1.54, 1.807) is 12.7 Å². The van der Waals surface area contributed by atoms with Crippen LogP contribution in [0.4, 0.5) is 5.69 Å². The molecule has 0 spiro atoms. The van der Waals surface area contributed by atoms with Gasteiger partial charge in [-0.15, -0.1) is 0 Å². The van der Waals surface area contributed by atoms with Gasteiger partial charge in [-0.05, 0) is 54.4 Å². The number of methoxy groups -OCH3 is 1. The number of hydrogen-bond donors (Lipinski definition) is 0. The molecule has 3 heteroatoms. The third kappa shape index (κ3) is 2.73. The highest BCUT2D eigenvalue weighted by Gasteiger charge is 2.51. The van der Waals surface area contributed by atoms with Crippen LogP contribution in [0.1, 0.15) is 26.7 Å². The first-order chi connectivity index (χ1) is 11.6. The lowest BCUT2D eigenvalue weighted by Gasteiger charge is -2.57. The van der Waals surface area contributed by atoms with Gasteiger partial charge in [-0.1, -0.05) is 25.5 Å². The van der Waals surface area contributed by atoms with E-state index < -0.39 is 0 Å². The number of rotatable bonds is 4. The summed E-state index contributed by atoms with van der Waals surface area (Å²) in [6.45, 7) is 10.7. The molecule has 1 saturated carbocycles. The molecule has 1 aromatic rings. The Hall–Kier alpha value is -1.48. The smallest absolute Gasteiger partial charge is 0.119 e. The molecular formula is C21H30N2O. The summed E-state index contributed by atoms with van der Waals surface area (Å²) in [5.41, 5.74) is 3.59. The van der Waals surface area contributed by atoms with E-state index in [4.69, 9.17) is 4.74 Å². The van der Waals surface area contributed by atoms with Crippen molar-refractivity contribution < 1.29 is 4.74 Å². The molecule has 1 aliphatic heterocycles. The normalized spacial score (nSPS) is 29.0. The molecule has 0 radical (unpaired) electrons. The van der Waals surface area contributed by atoms with Crippen LogP contribution < -0.4 is 9.64 Å². The molecule has 1 saturated heterocycles. The topological polar surface area (TPSA) is 15.7 Å². The molecule has 2 bridgehead atoms. The highest BCUT2D eigenvalue weighted by atomic mass is 16.5. The zero-order valence-corrected chi connectivity index (χ0v) is 15.3. The quantitative estimate of drug-likeness (QED) is 0.783.